The summed E-state index contributed by atoms with van der Waals surface area (Å²) >= 11 is 3.16. The number of nitrogens with zero attached hydrogens (tertiary/aromatic N) is 6. The van der Waals surface area contributed by atoms with E-state index in [4.69, 9.17) is 10.8 Å². The predicted octanol–water partition coefficient (Wildman–Crippen LogP) is 1.71. The van der Waals surface area contributed by atoms with E-state index in [2.05, 4.69) is 36.2 Å². The van der Waals surface area contributed by atoms with Gasteiger partial charge in [0.15, 0.2) is 5.82 Å². The van der Waals surface area contributed by atoms with Crippen molar-refractivity contribution in [3.63, 3.8) is 0 Å². The van der Waals surface area contributed by atoms with Crippen molar-refractivity contribution in [2.45, 2.75) is 6.42 Å². The van der Waals surface area contributed by atoms with E-state index in [-0.39, 0.29) is 18.4 Å². The molecule has 1 saturated heterocycles. The number of azide groups is 1. The number of hydrogen-bond acceptors (Lipinski definition) is 4. The minimum absolute atomic E-state index is 0.0320. The number of nitriles is 1. The Morgan fingerprint density at radius 1 is 1.78 bits per heavy atom. The highest BCUT2D eigenvalue weighted by atomic mass is 79.9. The van der Waals surface area contributed by atoms with Crippen LogP contribution in [0.3, 0.4) is 0 Å². The van der Waals surface area contributed by atoms with Crippen LogP contribution in [0.5, 0.6) is 0 Å². The van der Waals surface area contributed by atoms with Crippen molar-refractivity contribution in [2.24, 2.45) is 11.0 Å². The highest BCUT2D eigenvalue weighted by Crippen LogP contribution is 2.29. The van der Waals surface area contributed by atoms with E-state index in [1.54, 1.807) is 0 Å². The summed E-state index contributed by atoms with van der Waals surface area (Å²) in [4.78, 5) is 16.0. The average Bonchev–Trinajstić information content (AvgIpc) is 2.89. The lowest BCUT2D eigenvalue weighted by atomic mass is 10.1. The van der Waals surface area contributed by atoms with Crippen LogP contribution in [0.25, 0.3) is 10.4 Å². The number of halogens is 1. The van der Waals surface area contributed by atoms with E-state index in [9.17, 15) is 4.79 Å². The Morgan fingerprint density at radius 2 is 2.56 bits per heavy atom. The molecule has 0 spiro atoms. The summed E-state index contributed by atoms with van der Waals surface area (Å²) in [6, 6.07) is 1.98. The van der Waals surface area contributed by atoms with E-state index in [1.165, 1.54) is 4.90 Å². The fraction of sp³-hybridized carbons (Fsp3) is 0.444. The van der Waals surface area contributed by atoms with Crippen LogP contribution in [0.2, 0.25) is 0 Å². The van der Waals surface area contributed by atoms with Gasteiger partial charge in [-0.05, 0) is 27.4 Å². The minimum Gasteiger partial charge on any atom is -0.294 e. The topological polar surface area (TPSA) is 122 Å². The minimum atomic E-state index is -0.122. The van der Waals surface area contributed by atoms with Crippen LogP contribution in [0, 0.1) is 17.2 Å². The van der Waals surface area contributed by atoms with Gasteiger partial charge in [-0.2, -0.15) is 10.4 Å². The maximum atomic E-state index is 11.8. The van der Waals surface area contributed by atoms with Crippen LogP contribution in [0.1, 0.15) is 12.0 Å². The number of nitrogens with one attached hydrogen (secondary N) is 1. The maximum Gasteiger partial charge on any atom is 0.228 e. The second kappa shape index (κ2) is 5.08. The molecule has 9 heteroatoms. The smallest absolute Gasteiger partial charge is 0.228 e. The SMILES string of the molecule is N#Cc1c(N2CC(CN=[N+]=[N-])CC2=O)n[nH]c1Br. The van der Waals surface area contributed by atoms with Crippen molar-refractivity contribution >= 4 is 27.7 Å². The summed E-state index contributed by atoms with van der Waals surface area (Å²) in [6.07, 6.45) is 0.300. The summed E-state index contributed by atoms with van der Waals surface area (Å²) in [5, 5.41) is 19.0. The van der Waals surface area contributed by atoms with Gasteiger partial charge < -0.3 is 0 Å². The Morgan fingerprint density at radius 3 is 3.22 bits per heavy atom. The molecule has 0 saturated carbocycles. The first-order valence-electron chi connectivity index (χ1n) is 5.12. The number of hydrogen-bond donors (Lipinski definition) is 1. The fourth-order valence-corrected chi connectivity index (χ4v) is 2.22. The van der Waals surface area contributed by atoms with Gasteiger partial charge in [0.1, 0.15) is 16.2 Å². The molecule has 1 fully saturated rings. The van der Waals surface area contributed by atoms with Crippen molar-refractivity contribution in [2.75, 3.05) is 18.0 Å². The Hall–Kier alpha value is -2.04. The number of aromatic amines is 1. The van der Waals surface area contributed by atoms with Crippen LogP contribution in [-0.4, -0.2) is 29.2 Å². The number of rotatable bonds is 3. The quantitative estimate of drug-likeness (QED) is 0.519. The molecule has 8 nitrogen and oxygen atoms in total. The monoisotopic (exact) mass is 309 g/mol. The lowest BCUT2D eigenvalue weighted by molar-refractivity contribution is -0.117. The maximum absolute atomic E-state index is 11.8. The molecule has 1 aliphatic rings. The number of carbonyl (C=O) groups excluding carboxylic acids is 1. The molecule has 18 heavy (non-hydrogen) atoms. The summed E-state index contributed by atoms with van der Waals surface area (Å²) < 4.78 is 0.450. The van der Waals surface area contributed by atoms with Gasteiger partial charge in [-0.15, -0.1) is 0 Å². The lowest BCUT2D eigenvalue weighted by Crippen LogP contribution is -2.26. The molecular weight excluding hydrogens is 302 g/mol. The zero-order valence-electron chi connectivity index (χ0n) is 9.17. The average molecular weight is 310 g/mol. The molecule has 92 valence electrons. The van der Waals surface area contributed by atoms with Crippen molar-refractivity contribution in [3.8, 4) is 6.07 Å². The predicted molar refractivity (Wildman–Crippen MR) is 65.5 cm³/mol. The van der Waals surface area contributed by atoms with Gasteiger partial charge in [-0.3, -0.25) is 14.8 Å². The molecular formula is C9H8BrN7O. The third-order valence-corrected chi connectivity index (χ3v) is 3.25. The Balaban J connectivity index is 2.22. The first-order valence-corrected chi connectivity index (χ1v) is 5.91. The molecule has 1 amide bonds. The van der Waals surface area contributed by atoms with Crippen LogP contribution >= 0.6 is 15.9 Å². The van der Waals surface area contributed by atoms with Crippen LogP contribution in [-0.2, 0) is 4.79 Å². The number of amides is 1. The zero-order valence-corrected chi connectivity index (χ0v) is 10.8. The number of aromatic nitrogens is 2. The van der Waals surface area contributed by atoms with Crippen molar-refractivity contribution < 1.29 is 4.79 Å². The molecule has 1 atom stereocenters. The standard InChI is InChI=1S/C9H8BrN7O/c10-8-6(2-11)9(15-14-8)17-4-5(1-7(17)18)3-13-16-12/h5H,1,3-4H2,(H,14,15). The summed E-state index contributed by atoms with van der Waals surface area (Å²) in [5.74, 6) is 0.164. The van der Waals surface area contributed by atoms with E-state index in [0.717, 1.165) is 0 Å². The number of carbonyl (C=O) groups is 1. The molecule has 0 aliphatic carbocycles. The summed E-state index contributed by atoms with van der Waals surface area (Å²) in [5.41, 5.74) is 8.55. The molecule has 1 aliphatic heterocycles. The van der Waals surface area contributed by atoms with Gasteiger partial charge in [0.2, 0.25) is 5.91 Å². The Kier molecular flexibility index (Phi) is 3.50. The van der Waals surface area contributed by atoms with Gasteiger partial charge in [0, 0.05) is 24.4 Å². The first-order chi connectivity index (χ1) is 8.67. The first kappa shape index (κ1) is 12.4. The van der Waals surface area contributed by atoms with Crippen LogP contribution < -0.4 is 4.90 Å². The third kappa shape index (κ3) is 2.16. The van der Waals surface area contributed by atoms with Crippen LogP contribution in [0.4, 0.5) is 5.82 Å². The third-order valence-electron chi connectivity index (χ3n) is 2.68. The van der Waals surface area contributed by atoms with E-state index >= 15 is 0 Å². The molecule has 1 aromatic rings. The van der Waals surface area contributed by atoms with Crippen LogP contribution in [0.15, 0.2) is 9.72 Å². The van der Waals surface area contributed by atoms with Gasteiger partial charge in [0.05, 0.1) is 0 Å². The Bertz CT molecular complexity index is 568. The molecule has 0 bridgehead atoms. The molecule has 1 N–H and O–H groups in total. The highest BCUT2D eigenvalue weighted by molar-refractivity contribution is 9.10. The summed E-state index contributed by atoms with van der Waals surface area (Å²) in [7, 11) is 0. The van der Waals surface area contributed by atoms with Crippen molar-refractivity contribution in [3.05, 3.63) is 20.6 Å². The fourth-order valence-electron chi connectivity index (χ4n) is 1.87. The second-order valence-corrected chi connectivity index (χ2v) is 4.63. The van der Waals surface area contributed by atoms with Gasteiger partial charge in [0.25, 0.3) is 0 Å². The van der Waals surface area contributed by atoms with E-state index < -0.39 is 0 Å². The molecule has 0 radical (unpaired) electrons. The van der Waals surface area contributed by atoms with Crippen molar-refractivity contribution in [1.29, 1.82) is 5.26 Å². The van der Waals surface area contributed by atoms with Crippen molar-refractivity contribution in [1.82, 2.24) is 10.2 Å². The van der Waals surface area contributed by atoms with Gasteiger partial charge in [-0.1, -0.05) is 5.11 Å². The van der Waals surface area contributed by atoms with Gasteiger partial charge >= 0.3 is 0 Å². The number of anilines is 1. The molecule has 2 heterocycles. The molecule has 1 aromatic heterocycles. The molecule has 1 unspecified atom stereocenters. The van der Waals surface area contributed by atoms with Gasteiger partial charge in [-0.25, -0.2) is 0 Å². The largest absolute Gasteiger partial charge is 0.294 e. The lowest BCUT2D eigenvalue weighted by Gasteiger charge is -2.13. The molecule has 2 rings (SSSR count). The highest BCUT2D eigenvalue weighted by Gasteiger charge is 2.33. The number of H-pyrrole nitrogens is 1. The molecule has 0 aromatic carbocycles. The normalized spacial score (nSPS) is 18.6. The summed E-state index contributed by atoms with van der Waals surface area (Å²) in [6.45, 7) is 0.677. The Labute approximate surface area is 110 Å². The zero-order chi connectivity index (χ0) is 13.1. The van der Waals surface area contributed by atoms with E-state index in [0.29, 0.717) is 29.0 Å². The van der Waals surface area contributed by atoms with E-state index in [1.807, 2.05) is 6.07 Å². The second-order valence-electron chi connectivity index (χ2n) is 3.84.